The quantitative estimate of drug-likeness (QED) is 0.622. The minimum absolute atomic E-state index is 0.149. The lowest BCUT2D eigenvalue weighted by Crippen LogP contribution is -2.35. The summed E-state index contributed by atoms with van der Waals surface area (Å²) in [6, 6.07) is 0. The number of Topliss-reactive ketones (excluding diaryl/α,β-unsaturated/α-hetero) is 1. The second kappa shape index (κ2) is 7.50. The third kappa shape index (κ3) is 7.73. The Kier molecular flexibility index (Phi) is 7.02. The van der Waals surface area contributed by atoms with Gasteiger partial charge in [-0.25, -0.2) is 0 Å². The Morgan fingerprint density at radius 1 is 1.29 bits per heavy atom. The molecule has 0 saturated heterocycles. The van der Waals surface area contributed by atoms with Gasteiger partial charge in [-0.15, -0.1) is 0 Å². The van der Waals surface area contributed by atoms with Crippen molar-refractivity contribution in [1.29, 1.82) is 0 Å². The minimum Gasteiger partial charge on any atom is -0.369 e. The van der Waals surface area contributed by atoms with Crippen LogP contribution >= 0.6 is 0 Å². The van der Waals surface area contributed by atoms with Crippen molar-refractivity contribution in [2.24, 2.45) is 5.73 Å². The van der Waals surface area contributed by atoms with Gasteiger partial charge in [0.2, 0.25) is 5.91 Å². The predicted octanol–water partition coefficient (Wildman–Crippen LogP) is 0.553. The summed E-state index contributed by atoms with van der Waals surface area (Å²) in [7, 11) is 0. The summed E-state index contributed by atoms with van der Waals surface area (Å²) in [6.45, 7) is 5.38. The molecule has 0 aromatic carbocycles. The Labute approximate surface area is 85.4 Å². The van der Waals surface area contributed by atoms with Gasteiger partial charge < -0.3 is 5.73 Å². The number of nitrogens with two attached hydrogens (primary N) is 1. The lowest BCUT2D eigenvalue weighted by molar-refractivity contribution is -0.121. The van der Waals surface area contributed by atoms with Gasteiger partial charge in [0, 0.05) is 13.0 Å². The van der Waals surface area contributed by atoms with Crippen molar-refractivity contribution in [2.75, 3.05) is 19.6 Å². The Bertz CT molecular complexity index is 193. The molecule has 1 amide bonds. The molecule has 0 aliphatic heterocycles. The summed E-state index contributed by atoms with van der Waals surface area (Å²) in [5.74, 6) is -0.180. The number of carbonyl (C=O) groups excluding carboxylic acids is 2. The van der Waals surface area contributed by atoms with Gasteiger partial charge in [0.15, 0.2) is 0 Å². The predicted molar refractivity (Wildman–Crippen MR) is 55.8 cm³/mol. The van der Waals surface area contributed by atoms with Crippen molar-refractivity contribution < 1.29 is 9.59 Å². The number of hydrogen-bond donors (Lipinski definition) is 1. The maximum Gasteiger partial charge on any atom is 0.231 e. The molecule has 0 fully saturated rings. The number of ketones is 1. The highest BCUT2D eigenvalue weighted by Gasteiger charge is 2.08. The van der Waals surface area contributed by atoms with Crippen LogP contribution in [-0.4, -0.2) is 36.2 Å². The van der Waals surface area contributed by atoms with Gasteiger partial charge in [0.1, 0.15) is 5.78 Å². The number of primary amides is 1. The molecule has 0 aliphatic rings. The normalized spacial score (nSPS) is 10.5. The molecule has 0 rings (SSSR count). The molecule has 2 N–H and O–H groups in total. The fraction of sp³-hybridized carbons (Fsp3) is 0.800. The first-order valence-corrected chi connectivity index (χ1v) is 5.06. The summed E-state index contributed by atoms with van der Waals surface area (Å²) in [4.78, 5) is 23.4. The molecule has 0 saturated carbocycles. The first-order chi connectivity index (χ1) is 6.56. The average molecular weight is 200 g/mol. The number of amides is 1. The lowest BCUT2D eigenvalue weighted by atomic mass is 10.2. The Balaban J connectivity index is 3.83. The third-order valence-electron chi connectivity index (χ3n) is 1.99. The summed E-state index contributed by atoms with van der Waals surface area (Å²) in [5, 5.41) is 0. The van der Waals surface area contributed by atoms with E-state index in [0.717, 1.165) is 19.4 Å². The highest BCUT2D eigenvalue weighted by Crippen LogP contribution is 1.97. The molecule has 0 unspecified atom stereocenters. The van der Waals surface area contributed by atoms with Crippen molar-refractivity contribution in [3.05, 3.63) is 0 Å². The zero-order valence-electron chi connectivity index (χ0n) is 9.08. The van der Waals surface area contributed by atoms with E-state index in [1.54, 1.807) is 6.92 Å². The van der Waals surface area contributed by atoms with Crippen molar-refractivity contribution in [1.82, 2.24) is 4.90 Å². The molecular weight excluding hydrogens is 180 g/mol. The second-order valence-corrected chi connectivity index (χ2v) is 3.55. The van der Waals surface area contributed by atoms with E-state index in [0.29, 0.717) is 13.0 Å². The standard InChI is InChI=1S/C10H20N2O2/c1-3-4-6-12(8-10(11)14)7-5-9(2)13/h3-8H2,1-2H3,(H2,11,14). The van der Waals surface area contributed by atoms with Crippen LogP contribution in [0.2, 0.25) is 0 Å². The van der Waals surface area contributed by atoms with E-state index in [1.165, 1.54) is 0 Å². The maximum absolute atomic E-state index is 10.8. The molecular formula is C10H20N2O2. The molecule has 4 nitrogen and oxygen atoms in total. The molecule has 0 radical (unpaired) electrons. The number of unbranched alkanes of at least 4 members (excludes halogenated alkanes) is 1. The smallest absolute Gasteiger partial charge is 0.231 e. The zero-order chi connectivity index (χ0) is 11.0. The van der Waals surface area contributed by atoms with Gasteiger partial charge in [0.25, 0.3) is 0 Å². The molecule has 82 valence electrons. The van der Waals surface area contributed by atoms with Gasteiger partial charge in [0.05, 0.1) is 6.54 Å². The fourth-order valence-electron chi connectivity index (χ4n) is 1.19. The second-order valence-electron chi connectivity index (χ2n) is 3.55. The number of carbonyl (C=O) groups is 2. The average Bonchev–Trinajstić information content (AvgIpc) is 2.09. The van der Waals surface area contributed by atoms with Crippen LogP contribution in [0, 0.1) is 0 Å². The molecule has 0 heterocycles. The van der Waals surface area contributed by atoms with Crippen LogP contribution in [0.25, 0.3) is 0 Å². The summed E-state index contributed by atoms with van der Waals surface area (Å²) in [5.41, 5.74) is 5.11. The topological polar surface area (TPSA) is 63.4 Å². The number of hydrogen-bond acceptors (Lipinski definition) is 3. The van der Waals surface area contributed by atoms with Crippen molar-refractivity contribution in [3.63, 3.8) is 0 Å². The number of nitrogens with zero attached hydrogens (tertiary/aromatic N) is 1. The van der Waals surface area contributed by atoms with Gasteiger partial charge in [-0.2, -0.15) is 0 Å². The Hall–Kier alpha value is -0.900. The molecule has 0 aromatic heterocycles. The van der Waals surface area contributed by atoms with Crippen LogP contribution in [-0.2, 0) is 9.59 Å². The SMILES string of the molecule is CCCCN(CCC(C)=O)CC(N)=O. The van der Waals surface area contributed by atoms with Crippen LogP contribution < -0.4 is 5.73 Å². The van der Waals surface area contributed by atoms with Crippen LogP contribution in [0.5, 0.6) is 0 Å². The molecule has 0 aliphatic carbocycles. The fourth-order valence-corrected chi connectivity index (χ4v) is 1.19. The van der Waals surface area contributed by atoms with E-state index >= 15 is 0 Å². The molecule has 14 heavy (non-hydrogen) atoms. The lowest BCUT2D eigenvalue weighted by Gasteiger charge is -2.19. The van der Waals surface area contributed by atoms with Crippen molar-refractivity contribution >= 4 is 11.7 Å². The first kappa shape index (κ1) is 13.1. The molecule has 0 aromatic rings. The zero-order valence-corrected chi connectivity index (χ0v) is 9.08. The van der Waals surface area contributed by atoms with Gasteiger partial charge in [-0.3, -0.25) is 14.5 Å². The van der Waals surface area contributed by atoms with E-state index in [4.69, 9.17) is 5.73 Å². The Morgan fingerprint density at radius 3 is 2.36 bits per heavy atom. The number of rotatable bonds is 8. The van der Waals surface area contributed by atoms with Gasteiger partial charge in [-0.05, 0) is 19.9 Å². The highest BCUT2D eigenvalue weighted by atomic mass is 16.1. The van der Waals surface area contributed by atoms with E-state index in [1.807, 2.05) is 4.90 Å². The monoisotopic (exact) mass is 200 g/mol. The summed E-state index contributed by atoms with van der Waals surface area (Å²) < 4.78 is 0. The van der Waals surface area contributed by atoms with E-state index in [2.05, 4.69) is 6.92 Å². The summed E-state index contributed by atoms with van der Waals surface area (Å²) >= 11 is 0. The summed E-state index contributed by atoms with van der Waals surface area (Å²) in [6.07, 6.45) is 2.61. The Morgan fingerprint density at radius 2 is 1.93 bits per heavy atom. The van der Waals surface area contributed by atoms with Crippen LogP contribution in [0.3, 0.4) is 0 Å². The molecule has 0 bridgehead atoms. The van der Waals surface area contributed by atoms with Gasteiger partial charge >= 0.3 is 0 Å². The van der Waals surface area contributed by atoms with Crippen LogP contribution in [0.1, 0.15) is 33.1 Å². The molecule has 0 atom stereocenters. The molecule has 0 spiro atoms. The highest BCUT2D eigenvalue weighted by molar-refractivity contribution is 5.77. The molecule has 4 heteroatoms. The van der Waals surface area contributed by atoms with Crippen LogP contribution in [0.15, 0.2) is 0 Å². The van der Waals surface area contributed by atoms with E-state index in [9.17, 15) is 9.59 Å². The van der Waals surface area contributed by atoms with Crippen molar-refractivity contribution in [2.45, 2.75) is 33.1 Å². The first-order valence-electron chi connectivity index (χ1n) is 5.06. The van der Waals surface area contributed by atoms with Crippen molar-refractivity contribution in [3.8, 4) is 0 Å². The maximum atomic E-state index is 10.8. The minimum atomic E-state index is -0.329. The largest absolute Gasteiger partial charge is 0.369 e. The van der Waals surface area contributed by atoms with Crippen LogP contribution in [0.4, 0.5) is 0 Å². The third-order valence-corrected chi connectivity index (χ3v) is 1.99. The van der Waals surface area contributed by atoms with E-state index < -0.39 is 0 Å². The van der Waals surface area contributed by atoms with Gasteiger partial charge in [-0.1, -0.05) is 13.3 Å². The van der Waals surface area contributed by atoms with E-state index in [-0.39, 0.29) is 18.2 Å².